The molecule has 0 aromatic rings. The number of aliphatic carboxylic acids is 1. The SMILES string of the molecule is COC(=O)[C@]1(O)C[C@H](O)[C@@H](NC(C)=O)C([C@H](O)[C@H](O)CNC(=O)CCC(=O)O)O1. The largest absolute Gasteiger partial charge is 0.481 e. The number of rotatable bonds is 9. The second kappa shape index (κ2) is 10.5. The third-order valence-electron chi connectivity index (χ3n) is 4.26. The van der Waals surface area contributed by atoms with Gasteiger partial charge in [-0.15, -0.1) is 0 Å². The van der Waals surface area contributed by atoms with Gasteiger partial charge < -0.3 is 45.6 Å². The van der Waals surface area contributed by atoms with Crippen molar-refractivity contribution >= 4 is 23.8 Å². The van der Waals surface area contributed by atoms with Gasteiger partial charge in [0.05, 0.1) is 31.8 Å². The number of aliphatic hydroxyl groups excluding tert-OH is 3. The lowest BCUT2D eigenvalue weighted by Crippen LogP contribution is -2.67. The highest BCUT2D eigenvalue weighted by atomic mass is 16.7. The van der Waals surface area contributed by atoms with Crippen molar-refractivity contribution in [2.24, 2.45) is 0 Å². The lowest BCUT2D eigenvalue weighted by molar-refractivity contribution is -0.295. The minimum absolute atomic E-state index is 0.354. The summed E-state index contributed by atoms with van der Waals surface area (Å²) in [5.74, 6) is -6.40. The van der Waals surface area contributed by atoms with E-state index in [4.69, 9.17) is 9.84 Å². The van der Waals surface area contributed by atoms with Crippen LogP contribution in [0.15, 0.2) is 0 Å². The van der Waals surface area contributed by atoms with Crippen LogP contribution >= 0.6 is 0 Å². The first-order valence-corrected chi connectivity index (χ1v) is 8.69. The number of methoxy groups -OCH3 is 1. The third kappa shape index (κ3) is 6.90. The maximum Gasteiger partial charge on any atom is 0.366 e. The summed E-state index contributed by atoms with van der Waals surface area (Å²) in [4.78, 5) is 45.2. The fourth-order valence-electron chi connectivity index (χ4n) is 2.83. The van der Waals surface area contributed by atoms with Gasteiger partial charge in [-0.25, -0.2) is 4.79 Å². The summed E-state index contributed by atoms with van der Waals surface area (Å²) < 4.78 is 9.59. The summed E-state index contributed by atoms with van der Waals surface area (Å²) in [6, 6.07) is -1.30. The second-order valence-corrected chi connectivity index (χ2v) is 6.61. The molecule has 7 N–H and O–H groups in total. The van der Waals surface area contributed by atoms with Gasteiger partial charge in [0, 0.05) is 26.3 Å². The van der Waals surface area contributed by atoms with Crippen molar-refractivity contribution in [1.82, 2.24) is 10.6 Å². The van der Waals surface area contributed by atoms with Gasteiger partial charge in [-0.3, -0.25) is 14.4 Å². The van der Waals surface area contributed by atoms with Crippen LogP contribution in [0.4, 0.5) is 0 Å². The van der Waals surface area contributed by atoms with E-state index in [1.54, 1.807) is 0 Å². The molecule has 0 aliphatic carbocycles. The van der Waals surface area contributed by atoms with Gasteiger partial charge in [0.15, 0.2) is 0 Å². The molecule has 13 nitrogen and oxygen atoms in total. The molecule has 1 fully saturated rings. The Labute approximate surface area is 165 Å². The molecule has 0 aromatic carbocycles. The van der Waals surface area contributed by atoms with Gasteiger partial charge in [0.1, 0.15) is 12.2 Å². The van der Waals surface area contributed by atoms with Crippen LogP contribution in [0, 0.1) is 0 Å². The van der Waals surface area contributed by atoms with E-state index in [-0.39, 0.29) is 6.42 Å². The average molecular weight is 422 g/mol. The molecule has 29 heavy (non-hydrogen) atoms. The summed E-state index contributed by atoms with van der Waals surface area (Å²) in [7, 11) is 0.961. The van der Waals surface area contributed by atoms with Gasteiger partial charge >= 0.3 is 11.9 Å². The summed E-state index contributed by atoms with van der Waals surface area (Å²) in [5, 5.41) is 54.2. The normalized spacial score (nSPS) is 28.7. The molecule has 1 saturated heterocycles. The highest BCUT2D eigenvalue weighted by Crippen LogP contribution is 2.31. The van der Waals surface area contributed by atoms with Gasteiger partial charge in [0.25, 0.3) is 5.79 Å². The van der Waals surface area contributed by atoms with Gasteiger partial charge in [-0.2, -0.15) is 0 Å². The molecule has 166 valence electrons. The second-order valence-electron chi connectivity index (χ2n) is 6.61. The van der Waals surface area contributed by atoms with Crippen molar-refractivity contribution in [2.45, 2.75) is 62.4 Å². The van der Waals surface area contributed by atoms with Crippen molar-refractivity contribution in [3.8, 4) is 0 Å². The molecule has 0 bridgehead atoms. The Morgan fingerprint density at radius 1 is 1.24 bits per heavy atom. The first-order valence-electron chi connectivity index (χ1n) is 8.69. The Bertz CT molecular complexity index is 628. The molecular weight excluding hydrogens is 396 g/mol. The van der Waals surface area contributed by atoms with Gasteiger partial charge in [-0.1, -0.05) is 0 Å². The number of carboxylic acids is 1. The van der Waals surface area contributed by atoms with Crippen LogP contribution in [0.1, 0.15) is 26.2 Å². The van der Waals surface area contributed by atoms with Crippen molar-refractivity contribution in [2.75, 3.05) is 13.7 Å². The van der Waals surface area contributed by atoms with E-state index in [9.17, 15) is 39.6 Å². The Morgan fingerprint density at radius 2 is 1.86 bits per heavy atom. The smallest absolute Gasteiger partial charge is 0.366 e. The van der Waals surface area contributed by atoms with E-state index in [2.05, 4.69) is 15.4 Å². The van der Waals surface area contributed by atoms with E-state index < -0.39 is 79.4 Å². The minimum Gasteiger partial charge on any atom is -0.481 e. The lowest BCUT2D eigenvalue weighted by Gasteiger charge is -2.45. The number of hydrogen-bond donors (Lipinski definition) is 7. The monoisotopic (exact) mass is 422 g/mol. The van der Waals surface area contributed by atoms with E-state index in [1.807, 2.05) is 0 Å². The molecule has 0 aromatic heterocycles. The fraction of sp³-hybridized carbons (Fsp3) is 0.750. The summed E-state index contributed by atoms with van der Waals surface area (Å²) >= 11 is 0. The average Bonchev–Trinajstić information content (AvgIpc) is 2.64. The number of carbonyl (C=O) groups is 4. The molecule has 2 amide bonds. The van der Waals surface area contributed by atoms with Crippen molar-refractivity contribution in [3.63, 3.8) is 0 Å². The molecule has 6 atom stereocenters. The molecule has 1 unspecified atom stereocenters. The summed E-state index contributed by atoms with van der Waals surface area (Å²) in [6.45, 7) is 0.593. The predicted octanol–water partition coefficient (Wildman–Crippen LogP) is -3.79. The van der Waals surface area contributed by atoms with Crippen molar-refractivity contribution in [1.29, 1.82) is 0 Å². The van der Waals surface area contributed by atoms with E-state index in [0.717, 1.165) is 14.0 Å². The van der Waals surface area contributed by atoms with Crippen LogP contribution in [0.25, 0.3) is 0 Å². The van der Waals surface area contributed by atoms with Crippen LogP contribution in [-0.4, -0.2) is 99.2 Å². The molecule has 1 aliphatic rings. The number of carboxylic acid groups (broad SMARTS) is 1. The molecule has 0 spiro atoms. The highest BCUT2D eigenvalue weighted by molar-refractivity contribution is 5.80. The van der Waals surface area contributed by atoms with E-state index >= 15 is 0 Å². The molecule has 0 radical (unpaired) electrons. The Balaban J connectivity index is 2.90. The molecule has 1 aliphatic heterocycles. The number of aliphatic hydroxyl groups is 4. The van der Waals surface area contributed by atoms with Crippen LogP contribution in [-0.2, 0) is 28.7 Å². The molecule has 1 heterocycles. The van der Waals surface area contributed by atoms with Crippen LogP contribution in [0.5, 0.6) is 0 Å². The zero-order valence-electron chi connectivity index (χ0n) is 15.9. The number of carbonyl (C=O) groups excluding carboxylic acids is 3. The fourth-order valence-corrected chi connectivity index (χ4v) is 2.83. The number of ether oxygens (including phenoxy) is 2. The van der Waals surface area contributed by atoms with E-state index in [0.29, 0.717) is 0 Å². The summed E-state index contributed by atoms with van der Waals surface area (Å²) in [5.41, 5.74) is 0. The quantitative estimate of drug-likeness (QED) is 0.179. The number of esters is 1. The predicted molar refractivity (Wildman–Crippen MR) is 92.0 cm³/mol. The first-order chi connectivity index (χ1) is 13.4. The van der Waals surface area contributed by atoms with Crippen LogP contribution < -0.4 is 10.6 Å². The van der Waals surface area contributed by atoms with Crippen molar-refractivity contribution < 1.29 is 54.2 Å². The minimum atomic E-state index is -2.64. The van der Waals surface area contributed by atoms with Crippen LogP contribution in [0.3, 0.4) is 0 Å². The Morgan fingerprint density at radius 3 is 2.38 bits per heavy atom. The summed E-state index contributed by atoms with van der Waals surface area (Å²) in [6.07, 6.45) is -8.25. The molecule has 1 rings (SSSR count). The highest BCUT2D eigenvalue weighted by Gasteiger charge is 2.54. The topological polar surface area (TPSA) is 212 Å². The van der Waals surface area contributed by atoms with Crippen LogP contribution in [0.2, 0.25) is 0 Å². The van der Waals surface area contributed by atoms with E-state index in [1.165, 1.54) is 0 Å². The zero-order chi connectivity index (χ0) is 22.4. The first kappa shape index (κ1) is 24.7. The Hall–Kier alpha value is -2.32. The van der Waals surface area contributed by atoms with Gasteiger partial charge in [-0.05, 0) is 0 Å². The maximum atomic E-state index is 11.8. The lowest BCUT2D eigenvalue weighted by atomic mass is 9.88. The Kier molecular flexibility index (Phi) is 8.91. The van der Waals surface area contributed by atoms with Gasteiger partial charge in [0.2, 0.25) is 11.8 Å². The molecular formula is C16H26N2O11. The standard InChI is InChI=1S/C16H26N2O11/c1-7(19)18-12-8(20)5-16(27,15(26)28-2)29-14(12)13(25)9(21)6-17-10(22)3-4-11(23)24/h8-9,12-14,20-21,25,27H,3-6H2,1-2H3,(H,17,22)(H,18,19)(H,23,24)/t8-,9+,12+,13+,14?,16-/m0/s1. The third-order valence-corrected chi connectivity index (χ3v) is 4.26. The maximum absolute atomic E-state index is 11.8. The zero-order valence-corrected chi connectivity index (χ0v) is 15.9. The number of amides is 2. The molecule has 13 heteroatoms. The van der Waals surface area contributed by atoms with Crippen molar-refractivity contribution in [3.05, 3.63) is 0 Å². The number of nitrogens with one attached hydrogen (secondary N) is 2. The number of hydrogen-bond acceptors (Lipinski definition) is 10. The molecule has 0 saturated carbocycles.